The van der Waals surface area contributed by atoms with Crippen molar-refractivity contribution in [3.05, 3.63) is 35.9 Å². The number of nitrogens with zero attached hydrogens (tertiary/aromatic N) is 3. The molecule has 2 fully saturated rings. The number of rotatable bonds is 3. The highest BCUT2D eigenvalue weighted by Gasteiger charge is 2.29. The van der Waals surface area contributed by atoms with Gasteiger partial charge in [-0.05, 0) is 38.3 Å². The summed E-state index contributed by atoms with van der Waals surface area (Å²) in [5.41, 5.74) is 0.769. The van der Waals surface area contributed by atoms with Crippen LogP contribution < -0.4 is 0 Å². The first-order valence-corrected chi connectivity index (χ1v) is 9.69. The van der Waals surface area contributed by atoms with Crippen molar-refractivity contribution >= 4 is 12.0 Å². The lowest BCUT2D eigenvalue weighted by molar-refractivity contribution is 0.0619. The quantitative estimate of drug-likeness (QED) is 0.832. The van der Waals surface area contributed by atoms with Crippen molar-refractivity contribution in [3.63, 3.8) is 0 Å². The molecule has 2 aliphatic rings. The van der Waals surface area contributed by atoms with E-state index in [0.29, 0.717) is 12.6 Å². The second kappa shape index (κ2) is 9.03. The van der Waals surface area contributed by atoms with Gasteiger partial charge in [-0.15, -0.1) is 0 Å². The number of carbonyl (C=O) groups excluding carboxylic acids is 2. The smallest absolute Gasteiger partial charge is 0.409 e. The van der Waals surface area contributed by atoms with E-state index in [-0.39, 0.29) is 12.0 Å². The maximum Gasteiger partial charge on any atom is 0.409 e. The number of piperidine rings is 1. The van der Waals surface area contributed by atoms with Gasteiger partial charge in [0, 0.05) is 50.9 Å². The minimum Gasteiger partial charge on any atom is -0.450 e. The molecule has 1 aromatic carbocycles. The summed E-state index contributed by atoms with van der Waals surface area (Å²) in [5, 5.41) is 0. The Bertz CT molecular complexity index is 600. The summed E-state index contributed by atoms with van der Waals surface area (Å²) in [6.07, 6.45) is 2.77. The Morgan fingerprint density at radius 1 is 0.962 bits per heavy atom. The number of carbonyl (C=O) groups is 2. The maximum absolute atomic E-state index is 12.6. The molecule has 0 bridgehead atoms. The van der Waals surface area contributed by atoms with Crippen molar-refractivity contribution in [2.45, 2.75) is 32.2 Å². The second-order valence-corrected chi connectivity index (χ2v) is 6.96. The first-order valence-electron chi connectivity index (χ1n) is 9.69. The molecule has 26 heavy (non-hydrogen) atoms. The van der Waals surface area contributed by atoms with Crippen molar-refractivity contribution < 1.29 is 14.3 Å². The van der Waals surface area contributed by atoms with Gasteiger partial charge < -0.3 is 14.5 Å². The van der Waals surface area contributed by atoms with E-state index in [2.05, 4.69) is 4.90 Å². The lowest BCUT2D eigenvalue weighted by atomic mass is 10.0. The molecule has 0 unspecified atom stereocenters. The van der Waals surface area contributed by atoms with Crippen LogP contribution in [0.2, 0.25) is 0 Å². The van der Waals surface area contributed by atoms with Crippen LogP contribution in [0.25, 0.3) is 0 Å². The lowest BCUT2D eigenvalue weighted by Crippen LogP contribution is -2.47. The van der Waals surface area contributed by atoms with Gasteiger partial charge in [-0.25, -0.2) is 4.79 Å². The summed E-state index contributed by atoms with van der Waals surface area (Å²) in [6.45, 7) is 7.25. The summed E-state index contributed by atoms with van der Waals surface area (Å²) < 4.78 is 5.12. The van der Waals surface area contributed by atoms with E-state index in [1.807, 2.05) is 47.1 Å². The minimum absolute atomic E-state index is 0.133. The predicted octanol–water partition coefficient (Wildman–Crippen LogP) is 2.46. The average molecular weight is 359 g/mol. The van der Waals surface area contributed by atoms with Gasteiger partial charge in [0.15, 0.2) is 0 Å². The third-order valence-electron chi connectivity index (χ3n) is 5.35. The van der Waals surface area contributed by atoms with Gasteiger partial charge in [0.25, 0.3) is 5.91 Å². The number of ether oxygens (including phenoxy) is 1. The zero-order chi connectivity index (χ0) is 18.4. The van der Waals surface area contributed by atoms with Crippen molar-refractivity contribution in [2.75, 3.05) is 45.9 Å². The molecule has 2 heterocycles. The van der Waals surface area contributed by atoms with E-state index in [4.69, 9.17) is 4.74 Å². The lowest BCUT2D eigenvalue weighted by Gasteiger charge is -2.38. The largest absolute Gasteiger partial charge is 0.450 e. The summed E-state index contributed by atoms with van der Waals surface area (Å²) in [4.78, 5) is 30.8. The second-order valence-electron chi connectivity index (χ2n) is 6.96. The SMILES string of the molecule is CCOC(=O)N1CCCN(C2CCN(C(=O)c3ccccc3)CC2)CC1. The summed E-state index contributed by atoms with van der Waals surface area (Å²) in [5.74, 6) is 0.133. The monoisotopic (exact) mass is 359 g/mol. The van der Waals surface area contributed by atoms with E-state index in [9.17, 15) is 9.59 Å². The molecule has 2 aliphatic heterocycles. The first kappa shape index (κ1) is 18.7. The Kier molecular flexibility index (Phi) is 6.50. The normalized spacial score (nSPS) is 19.9. The molecule has 0 aromatic heterocycles. The first-order chi connectivity index (χ1) is 12.7. The Balaban J connectivity index is 1.49. The van der Waals surface area contributed by atoms with E-state index < -0.39 is 0 Å². The standard InChI is InChI=1S/C20H29N3O3/c1-2-26-20(25)23-12-6-11-21(15-16-23)18-9-13-22(14-10-18)19(24)17-7-4-3-5-8-17/h3-5,7-8,18H,2,6,9-16H2,1H3. The van der Waals surface area contributed by atoms with E-state index in [1.165, 1.54) is 0 Å². The molecule has 1 aromatic rings. The van der Waals surface area contributed by atoms with Gasteiger partial charge in [-0.2, -0.15) is 0 Å². The number of hydrogen-bond acceptors (Lipinski definition) is 4. The van der Waals surface area contributed by atoms with Gasteiger partial charge in [0.05, 0.1) is 6.61 Å². The van der Waals surface area contributed by atoms with E-state index in [0.717, 1.165) is 64.1 Å². The van der Waals surface area contributed by atoms with Crippen LogP contribution in [0, 0.1) is 0 Å². The number of benzene rings is 1. The summed E-state index contributed by atoms with van der Waals surface area (Å²) >= 11 is 0. The van der Waals surface area contributed by atoms with E-state index in [1.54, 1.807) is 0 Å². The van der Waals surface area contributed by atoms with Crippen LogP contribution in [0.15, 0.2) is 30.3 Å². The zero-order valence-electron chi connectivity index (χ0n) is 15.6. The Morgan fingerprint density at radius 3 is 2.38 bits per heavy atom. The number of likely N-dealkylation sites (tertiary alicyclic amines) is 1. The van der Waals surface area contributed by atoms with Gasteiger partial charge >= 0.3 is 6.09 Å². The van der Waals surface area contributed by atoms with Crippen molar-refractivity contribution in [2.24, 2.45) is 0 Å². The van der Waals surface area contributed by atoms with Gasteiger partial charge in [-0.3, -0.25) is 9.69 Å². The van der Waals surface area contributed by atoms with Crippen LogP contribution >= 0.6 is 0 Å². The molecule has 3 rings (SSSR count). The van der Waals surface area contributed by atoms with E-state index >= 15 is 0 Å². The molecule has 0 radical (unpaired) electrons. The zero-order valence-corrected chi connectivity index (χ0v) is 15.6. The highest BCUT2D eigenvalue weighted by Crippen LogP contribution is 2.20. The molecule has 0 N–H and O–H groups in total. The summed E-state index contributed by atoms with van der Waals surface area (Å²) in [6, 6.07) is 10.0. The van der Waals surface area contributed by atoms with Crippen LogP contribution in [0.5, 0.6) is 0 Å². The molecule has 6 heteroatoms. The van der Waals surface area contributed by atoms with Gasteiger partial charge in [-0.1, -0.05) is 18.2 Å². The topological polar surface area (TPSA) is 53.1 Å². The van der Waals surface area contributed by atoms with Crippen LogP contribution in [0.3, 0.4) is 0 Å². The Hall–Kier alpha value is -2.08. The highest BCUT2D eigenvalue weighted by molar-refractivity contribution is 5.94. The number of hydrogen-bond donors (Lipinski definition) is 0. The summed E-state index contributed by atoms with van der Waals surface area (Å²) in [7, 11) is 0. The fourth-order valence-electron chi connectivity index (χ4n) is 3.90. The molecule has 2 saturated heterocycles. The molecule has 0 aliphatic carbocycles. The van der Waals surface area contributed by atoms with Crippen molar-refractivity contribution in [1.82, 2.24) is 14.7 Å². The molecule has 0 saturated carbocycles. The third kappa shape index (κ3) is 4.55. The van der Waals surface area contributed by atoms with Gasteiger partial charge in [0.1, 0.15) is 0 Å². The average Bonchev–Trinajstić information content (AvgIpc) is 2.95. The van der Waals surface area contributed by atoms with Crippen LogP contribution in [-0.2, 0) is 4.74 Å². The molecule has 6 nitrogen and oxygen atoms in total. The molecule has 0 spiro atoms. The Labute approximate surface area is 155 Å². The molecule has 0 atom stereocenters. The molecular weight excluding hydrogens is 330 g/mol. The van der Waals surface area contributed by atoms with Crippen molar-refractivity contribution in [1.29, 1.82) is 0 Å². The number of amides is 2. The fourth-order valence-corrected chi connectivity index (χ4v) is 3.90. The maximum atomic E-state index is 12.6. The molecule has 142 valence electrons. The Morgan fingerprint density at radius 2 is 1.69 bits per heavy atom. The highest BCUT2D eigenvalue weighted by atomic mass is 16.6. The van der Waals surface area contributed by atoms with Crippen LogP contribution in [0.1, 0.15) is 36.5 Å². The van der Waals surface area contributed by atoms with Crippen molar-refractivity contribution in [3.8, 4) is 0 Å². The third-order valence-corrected chi connectivity index (χ3v) is 5.35. The fraction of sp³-hybridized carbons (Fsp3) is 0.600. The van der Waals surface area contributed by atoms with Crippen LogP contribution in [-0.4, -0.2) is 78.6 Å². The van der Waals surface area contributed by atoms with Gasteiger partial charge in [0.2, 0.25) is 0 Å². The van der Waals surface area contributed by atoms with Crippen LogP contribution in [0.4, 0.5) is 4.79 Å². The predicted molar refractivity (Wildman–Crippen MR) is 100 cm³/mol. The molecule has 2 amide bonds. The molecular formula is C20H29N3O3. The minimum atomic E-state index is -0.197.